The Morgan fingerprint density at radius 2 is 2.17 bits per heavy atom. The molecule has 0 atom stereocenters. The molecule has 2 heterocycles. The van der Waals surface area contributed by atoms with Gasteiger partial charge in [-0.25, -0.2) is 4.39 Å². The van der Waals surface area contributed by atoms with Crippen molar-refractivity contribution in [2.75, 3.05) is 23.3 Å². The second-order valence-corrected chi connectivity index (χ2v) is 7.42. The van der Waals surface area contributed by atoms with Crippen LogP contribution in [-0.2, 0) is 11.2 Å². The molecule has 2 aromatic rings. The fourth-order valence-electron chi connectivity index (χ4n) is 2.76. The van der Waals surface area contributed by atoms with E-state index in [0.717, 1.165) is 36.5 Å². The number of anilines is 2. The highest BCUT2D eigenvalue weighted by Crippen LogP contribution is 2.26. The maximum absolute atomic E-state index is 14.2. The molecule has 7 heteroatoms. The van der Waals surface area contributed by atoms with Crippen molar-refractivity contribution in [2.45, 2.75) is 26.2 Å². The average Bonchev–Trinajstić information content (AvgIpc) is 3.09. The monoisotopic (exact) mass is 351 g/mol. The Hall–Kier alpha value is -1.73. The molecule has 1 aliphatic rings. The fourth-order valence-corrected chi connectivity index (χ4v) is 4.05. The molecule has 0 bridgehead atoms. The number of aryl methyl sites for hydroxylation is 1. The van der Waals surface area contributed by atoms with E-state index in [2.05, 4.69) is 10.3 Å². The van der Waals surface area contributed by atoms with Crippen molar-refractivity contribution in [1.82, 2.24) is 4.98 Å². The van der Waals surface area contributed by atoms with E-state index in [9.17, 15) is 9.18 Å². The summed E-state index contributed by atoms with van der Waals surface area (Å²) in [6.45, 7) is 3.67. The molecule has 0 unspecified atom stereocenters. The molecule has 2 N–H and O–H groups in total. The number of aromatic nitrogens is 1. The lowest BCUT2D eigenvalue weighted by Gasteiger charge is -2.18. The van der Waals surface area contributed by atoms with E-state index in [1.807, 2.05) is 11.8 Å². The minimum absolute atomic E-state index is 0.174. The van der Waals surface area contributed by atoms with Crippen molar-refractivity contribution >= 4 is 40.8 Å². The lowest BCUT2D eigenvalue weighted by atomic mass is 10.2. The van der Waals surface area contributed by atoms with Gasteiger partial charge in [0, 0.05) is 29.3 Å². The first-order chi connectivity index (χ1) is 11.0. The molecule has 1 saturated heterocycles. The van der Waals surface area contributed by atoms with Crippen LogP contribution in [-0.4, -0.2) is 24.0 Å². The van der Waals surface area contributed by atoms with Crippen LogP contribution in [0.25, 0.3) is 0 Å². The van der Waals surface area contributed by atoms with Gasteiger partial charge in [0.15, 0.2) is 3.95 Å². The van der Waals surface area contributed by atoms with Gasteiger partial charge in [-0.2, -0.15) is 0 Å². The Balaban J connectivity index is 1.67. The maximum atomic E-state index is 14.2. The largest absolute Gasteiger partial charge is 0.369 e. The lowest BCUT2D eigenvalue weighted by Crippen LogP contribution is -2.19. The molecule has 23 heavy (non-hydrogen) atoms. The minimum atomic E-state index is -0.293. The standard InChI is InChI=1S/C16H18FN3OS2/c1-10-14(23-16(22)18-10)9-15(21)19-11-4-5-13(12(17)8-11)20-6-2-3-7-20/h4-5,8H,2-3,6-7,9H2,1H3,(H,18,22)(H,19,21). The SMILES string of the molecule is Cc1[nH]c(=S)sc1CC(=O)Nc1ccc(N2CCCC2)c(F)c1. The summed E-state index contributed by atoms with van der Waals surface area (Å²) in [4.78, 5) is 18.1. The third kappa shape index (κ3) is 3.79. The molecule has 0 radical (unpaired) electrons. The van der Waals surface area contributed by atoms with E-state index < -0.39 is 0 Å². The van der Waals surface area contributed by atoms with E-state index in [1.54, 1.807) is 12.1 Å². The number of nitrogens with zero attached hydrogens (tertiary/aromatic N) is 1. The van der Waals surface area contributed by atoms with Crippen LogP contribution in [0.1, 0.15) is 23.4 Å². The summed E-state index contributed by atoms with van der Waals surface area (Å²) < 4.78 is 14.9. The molecule has 122 valence electrons. The van der Waals surface area contributed by atoms with Crippen LogP contribution in [0.4, 0.5) is 15.8 Å². The first-order valence-electron chi connectivity index (χ1n) is 7.56. The Labute approximate surface area is 143 Å². The molecule has 0 aliphatic carbocycles. The predicted molar refractivity (Wildman–Crippen MR) is 94.4 cm³/mol. The first kappa shape index (κ1) is 16.1. The number of rotatable bonds is 4. The molecule has 1 aromatic carbocycles. The summed E-state index contributed by atoms with van der Waals surface area (Å²) in [6.07, 6.45) is 2.43. The molecule has 0 saturated carbocycles. The van der Waals surface area contributed by atoms with E-state index in [4.69, 9.17) is 12.2 Å². The smallest absolute Gasteiger partial charge is 0.229 e. The minimum Gasteiger partial charge on any atom is -0.369 e. The summed E-state index contributed by atoms with van der Waals surface area (Å²) in [5, 5.41) is 2.75. The van der Waals surface area contributed by atoms with Crippen LogP contribution in [0.5, 0.6) is 0 Å². The van der Waals surface area contributed by atoms with Crippen molar-refractivity contribution in [2.24, 2.45) is 0 Å². The highest BCUT2D eigenvalue weighted by atomic mass is 32.1. The molecule has 4 nitrogen and oxygen atoms in total. The van der Waals surface area contributed by atoms with Gasteiger partial charge in [-0.15, -0.1) is 11.3 Å². The topological polar surface area (TPSA) is 48.1 Å². The van der Waals surface area contributed by atoms with Crippen LogP contribution in [0.15, 0.2) is 18.2 Å². The fraction of sp³-hybridized carbons (Fsp3) is 0.375. The van der Waals surface area contributed by atoms with E-state index in [-0.39, 0.29) is 18.1 Å². The van der Waals surface area contributed by atoms with Gasteiger partial charge in [0.05, 0.1) is 12.1 Å². The van der Waals surface area contributed by atoms with Crippen molar-refractivity contribution in [3.8, 4) is 0 Å². The third-order valence-electron chi connectivity index (χ3n) is 3.92. The van der Waals surface area contributed by atoms with Gasteiger partial charge in [-0.05, 0) is 50.2 Å². The molecule has 1 amide bonds. The summed E-state index contributed by atoms with van der Waals surface area (Å²) >= 11 is 6.46. The number of carbonyl (C=O) groups excluding carboxylic acids is 1. The highest BCUT2D eigenvalue weighted by Gasteiger charge is 2.17. The second kappa shape index (κ2) is 6.80. The summed E-state index contributed by atoms with van der Waals surface area (Å²) in [7, 11) is 0. The van der Waals surface area contributed by atoms with Gasteiger partial charge >= 0.3 is 0 Å². The van der Waals surface area contributed by atoms with Gasteiger partial charge in [0.1, 0.15) is 5.82 Å². The van der Waals surface area contributed by atoms with E-state index in [0.29, 0.717) is 15.3 Å². The zero-order valence-electron chi connectivity index (χ0n) is 12.8. The number of carbonyl (C=O) groups is 1. The Morgan fingerprint density at radius 1 is 1.43 bits per heavy atom. The van der Waals surface area contributed by atoms with Gasteiger partial charge in [0.25, 0.3) is 0 Å². The Bertz CT molecular complexity index is 778. The number of halogens is 1. The first-order valence-corrected chi connectivity index (χ1v) is 8.78. The number of amides is 1. The number of benzene rings is 1. The van der Waals surface area contributed by atoms with Crippen molar-refractivity contribution in [3.63, 3.8) is 0 Å². The van der Waals surface area contributed by atoms with Gasteiger partial charge in [-0.3, -0.25) is 4.79 Å². The van der Waals surface area contributed by atoms with Crippen LogP contribution >= 0.6 is 23.6 Å². The van der Waals surface area contributed by atoms with E-state index in [1.165, 1.54) is 17.4 Å². The maximum Gasteiger partial charge on any atom is 0.229 e. The van der Waals surface area contributed by atoms with Gasteiger partial charge in [0.2, 0.25) is 5.91 Å². The molecule has 3 rings (SSSR count). The zero-order valence-corrected chi connectivity index (χ0v) is 14.5. The summed E-state index contributed by atoms with van der Waals surface area (Å²) in [6, 6.07) is 4.87. The Kier molecular flexibility index (Phi) is 4.77. The lowest BCUT2D eigenvalue weighted by molar-refractivity contribution is -0.115. The molecular weight excluding hydrogens is 333 g/mol. The van der Waals surface area contributed by atoms with Crippen molar-refractivity contribution in [1.29, 1.82) is 0 Å². The van der Waals surface area contributed by atoms with E-state index >= 15 is 0 Å². The highest BCUT2D eigenvalue weighted by molar-refractivity contribution is 7.73. The molecule has 1 fully saturated rings. The number of hydrogen-bond acceptors (Lipinski definition) is 4. The van der Waals surface area contributed by atoms with Crippen LogP contribution in [0.3, 0.4) is 0 Å². The van der Waals surface area contributed by atoms with Crippen molar-refractivity contribution in [3.05, 3.63) is 38.5 Å². The Morgan fingerprint density at radius 3 is 2.78 bits per heavy atom. The number of aromatic amines is 1. The van der Waals surface area contributed by atoms with Crippen LogP contribution < -0.4 is 10.2 Å². The number of thiazole rings is 1. The van der Waals surface area contributed by atoms with Crippen LogP contribution in [0.2, 0.25) is 0 Å². The number of H-pyrrole nitrogens is 1. The third-order valence-corrected chi connectivity index (χ3v) is 5.26. The zero-order chi connectivity index (χ0) is 16.4. The number of hydrogen-bond donors (Lipinski definition) is 2. The molecule has 1 aliphatic heterocycles. The quantitative estimate of drug-likeness (QED) is 0.818. The molecule has 1 aromatic heterocycles. The molecular formula is C16H18FN3OS2. The molecule has 0 spiro atoms. The van der Waals surface area contributed by atoms with Crippen LogP contribution in [0, 0.1) is 16.7 Å². The second-order valence-electron chi connectivity index (χ2n) is 5.65. The normalized spacial score (nSPS) is 14.3. The summed E-state index contributed by atoms with van der Waals surface area (Å²) in [5.74, 6) is -0.468. The summed E-state index contributed by atoms with van der Waals surface area (Å²) in [5.41, 5.74) is 2.00. The van der Waals surface area contributed by atoms with Gasteiger partial charge < -0.3 is 15.2 Å². The predicted octanol–water partition coefficient (Wildman–Crippen LogP) is 4.03. The van der Waals surface area contributed by atoms with Gasteiger partial charge in [-0.1, -0.05) is 0 Å². The van der Waals surface area contributed by atoms with Crippen molar-refractivity contribution < 1.29 is 9.18 Å². The number of nitrogens with one attached hydrogen (secondary N) is 2. The average molecular weight is 351 g/mol.